The van der Waals surface area contributed by atoms with E-state index in [0.717, 1.165) is 16.2 Å². The largest absolute Gasteiger partial charge is 0.329 e. The van der Waals surface area contributed by atoms with E-state index in [1.54, 1.807) is 11.8 Å². The van der Waals surface area contributed by atoms with Crippen LogP contribution >= 0.6 is 27.7 Å². The molecule has 1 aromatic carbocycles. The zero-order valence-corrected chi connectivity index (χ0v) is 13.8. The summed E-state index contributed by atoms with van der Waals surface area (Å²) < 4.78 is 3.13. The summed E-state index contributed by atoms with van der Waals surface area (Å²) in [5.74, 6) is 0. The molecular weight excluding hydrogens is 322 g/mol. The third-order valence-corrected chi connectivity index (χ3v) is 4.76. The van der Waals surface area contributed by atoms with Gasteiger partial charge in [-0.25, -0.2) is 4.98 Å². The molecule has 102 valence electrons. The molecular formula is C14H18BrN3S. The maximum absolute atomic E-state index is 4.33. The molecule has 0 bridgehead atoms. The van der Waals surface area contributed by atoms with Crippen LogP contribution in [0.5, 0.6) is 0 Å². The van der Waals surface area contributed by atoms with Gasteiger partial charge in [0.2, 0.25) is 0 Å². The van der Waals surface area contributed by atoms with Crippen LogP contribution in [0.2, 0.25) is 0 Å². The van der Waals surface area contributed by atoms with Crippen LogP contribution in [0.4, 0.5) is 0 Å². The standard InChI is InChI=1S/C14H18BrN3S/c1-10(2)17-9-11-4-5-13(12(15)8-11)19-14-16-6-7-18(14)3/h4-8,10,17H,9H2,1-3H3. The molecule has 0 aliphatic heterocycles. The van der Waals surface area contributed by atoms with Crippen LogP contribution in [0, 0.1) is 0 Å². The lowest BCUT2D eigenvalue weighted by molar-refractivity contribution is 0.588. The van der Waals surface area contributed by atoms with Crippen molar-refractivity contribution < 1.29 is 0 Å². The van der Waals surface area contributed by atoms with Gasteiger partial charge in [0.1, 0.15) is 0 Å². The molecule has 0 saturated heterocycles. The van der Waals surface area contributed by atoms with E-state index in [1.165, 1.54) is 10.5 Å². The highest BCUT2D eigenvalue weighted by molar-refractivity contribution is 9.10. The number of aryl methyl sites for hydroxylation is 1. The van der Waals surface area contributed by atoms with Crippen LogP contribution < -0.4 is 5.32 Å². The molecule has 2 rings (SSSR count). The Hall–Kier alpha value is -0.780. The first-order valence-corrected chi connectivity index (χ1v) is 7.84. The number of halogens is 1. The van der Waals surface area contributed by atoms with Gasteiger partial charge in [-0.05, 0) is 33.6 Å². The topological polar surface area (TPSA) is 29.9 Å². The summed E-state index contributed by atoms with van der Waals surface area (Å²) in [6.45, 7) is 5.20. The van der Waals surface area contributed by atoms with Crippen molar-refractivity contribution in [1.29, 1.82) is 0 Å². The molecule has 0 unspecified atom stereocenters. The molecule has 0 aliphatic rings. The molecule has 0 amide bonds. The maximum atomic E-state index is 4.33. The Kier molecular flexibility index (Phi) is 5.07. The van der Waals surface area contributed by atoms with Crippen molar-refractivity contribution in [1.82, 2.24) is 14.9 Å². The average molecular weight is 340 g/mol. The molecule has 0 atom stereocenters. The van der Waals surface area contributed by atoms with E-state index >= 15 is 0 Å². The van der Waals surface area contributed by atoms with Crippen molar-refractivity contribution >= 4 is 27.7 Å². The van der Waals surface area contributed by atoms with Crippen molar-refractivity contribution in [2.24, 2.45) is 7.05 Å². The highest BCUT2D eigenvalue weighted by atomic mass is 79.9. The van der Waals surface area contributed by atoms with E-state index in [-0.39, 0.29) is 0 Å². The Morgan fingerprint density at radius 3 is 2.79 bits per heavy atom. The summed E-state index contributed by atoms with van der Waals surface area (Å²) in [4.78, 5) is 5.51. The summed E-state index contributed by atoms with van der Waals surface area (Å²) in [5, 5.41) is 4.41. The van der Waals surface area contributed by atoms with Gasteiger partial charge in [-0.3, -0.25) is 0 Å². The van der Waals surface area contributed by atoms with Crippen molar-refractivity contribution in [3.63, 3.8) is 0 Å². The van der Waals surface area contributed by atoms with E-state index in [9.17, 15) is 0 Å². The highest BCUT2D eigenvalue weighted by Crippen LogP contribution is 2.32. The molecule has 5 heteroatoms. The average Bonchev–Trinajstić information content (AvgIpc) is 2.75. The minimum Gasteiger partial charge on any atom is -0.329 e. The lowest BCUT2D eigenvalue weighted by Crippen LogP contribution is -2.21. The Morgan fingerprint density at radius 2 is 2.21 bits per heavy atom. The molecule has 3 nitrogen and oxygen atoms in total. The van der Waals surface area contributed by atoms with Crippen molar-refractivity contribution in [3.8, 4) is 0 Å². The Balaban J connectivity index is 2.09. The van der Waals surface area contributed by atoms with Gasteiger partial charge in [-0.15, -0.1) is 0 Å². The smallest absolute Gasteiger partial charge is 0.172 e. The van der Waals surface area contributed by atoms with E-state index in [2.05, 4.69) is 58.3 Å². The number of nitrogens with zero attached hydrogens (tertiary/aromatic N) is 2. The van der Waals surface area contributed by atoms with Crippen LogP contribution in [0.1, 0.15) is 19.4 Å². The molecule has 0 fully saturated rings. The third-order valence-electron chi connectivity index (χ3n) is 2.69. The molecule has 0 radical (unpaired) electrons. The van der Waals surface area contributed by atoms with Gasteiger partial charge in [0.25, 0.3) is 0 Å². The maximum Gasteiger partial charge on any atom is 0.172 e. The second-order valence-electron chi connectivity index (χ2n) is 4.72. The molecule has 19 heavy (non-hydrogen) atoms. The lowest BCUT2D eigenvalue weighted by Gasteiger charge is -2.10. The fraction of sp³-hybridized carbons (Fsp3) is 0.357. The van der Waals surface area contributed by atoms with Crippen LogP contribution in [-0.4, -0.2) is 15.6 Å². The monoisotopic (exact) mass is 339 g/mol. The number of aromatic nitrogens is 2. The van der Waals surface area contributed by atoms with E-state index in [4.69, 9.17) is 0 Å². The number of hydrogen-bond donors (Lipinski definition) is 1. The molecule has 0 aliphatic carbocycles. The Morgan fingerprint density at radius 1 is 1.42 bits per heavy atom. The van der Waals surface area contributed by atoms with Gasteiger partial charge < -0.3 is 9.88 Å². The minimum absolute atomic E-state index is 0.500. The molecule has 0 spiro atoms. The molecule has 2 aromatic rings. The molecule has 1 N–H and O–H groups in total. The number of imidazole rings is 1. The zero-order chi connectivity index (χ0) is 13.8. The zero-order valence-electron chi connectivity index (χ0n) is 11.4. The van der Waals surface area contributed by atoms with Gasteiger partial charge in [0.05, 0.1) is 0 Å². The van der Waals surface area contributed by atoms with Crippen molar-refractivity contribution in [2.75, 3.05) is 0 Å². The fourth-order valence-corrected chi connectivity index (χ4v) is 3.08. The van der Waals surface area contributed by atoms with Crippen molar-refractivity contribution in [2.45, 2.75) is 36.5 Å². The van der Waals surface area contributed by atoms with Gasteiger partial charge in [0.15, 0.2) is 5.16 Å². The van der Waals surface area contributed by atoms with Crippen molar-refractivity contribution in [3.05, 3.63) is 40.6 Å². The summed E-state index contributed by atoms with van der Waals surface area (Å²) in [6, 6.07) is 6.97. The highest BCUT2D eigenvalue weighted by Gasteiger charge is 2.07. The van der Waals surface area contributed by atoms with E-state index < -0.39 is 0 Å². The predicted octanol–water partition coefficient (Wildman–Crippen LogP) is 3.83. The first kappa shape index (κ1) is 14.6. The molecule has 1 aromatic heterocycles. The van der Waals surface area contributed by atoms with Gasteiger partial charge >= 0.3 is 0 Å². The van der Waals surface area contributed by atoms with Gasteiger partial charge in [-0.2, -0.15) is 0 Å². The van der Waals surface area contributed by atoms with Crippen LogP contribution in [-0.2, 0) is 13.6 Å². The molecule has 1 heterocycles. The number of nitrogens with one attached hydrogen (secondary N) is 1. The summed E-state index contributed by atoms with van der Waals surface area (Å²) in [5.41, 5.74) is 1.28. The first-order valence-electron chi connectivity index (χ1n) is 6.23. The lowest BCUT2D eigenvalue weighted by atomic mass is 10.2. The number of rotatable bonds is 5. The predicted molar refractivity (Wildman–Crippen MR) is 83.4 cm³/mol. The SMILES string of the molecule is CC(C)NCc1ccc(Sc2nccn2C)c(Br)c1. The molecule has 0 saturated carbocycles. The van der Waals surface area contributed by atoms with E-state index in [1.807, 2.05) is 24.0 Å². The Labute approximate surface area is 126 Å². The summed E-state index contributed by atoms with van der Waals surface area (Å²) in [7, 11) is 2.00. The van der Waals surface area contributed by atoms with Gasteiger partial charge in [0, 0.05) is 41.4 Å². The second-order valence-corrected chi connectivity index (χ2v) is 6.59. The van der Waals surface area contributed by atoms with Crippen LogP contribution in [0.25, 0.3) is 0 Å². The number of hydrogen-bond acceptors (Lipinski definition) is 3. The number of benzene rings is 1. The van der Waals surface area contributed by atoms with Crippen LogP contribution in [0.3, 0.4) is 0 Å². The normalized spacial score (nSPS) is 11.2. The fourth-order valence-electron chi connectivity index (χ4n) is 1.61. The van der Waals surface area contributed by atoms with Gasteiger partial charge in [-0.1, -0.05) is 31.7 Å². The first-order chi connectivity index (χ1) is 9.06. The minimum atomic E-state index is 0.500. The Bertz CT molecular complexity index is 551. The quantitative estimate of drug-likeness (QED) is 0.897. The summed E-state index contributed by atoms with van der Waals surface area (Å²) in [6.07, 6.45) is 3.77. The van der Waals surface area contributed by atoms with E-state index in [0.29, 0.717) is 6.04 Å². The van der Waals surface area contributed by atoms with Crippen LogP contribution in [0.15, 0.2) is 45.1 Å². The third kappa shape index (κ3) is 4.09. The summed E-state index contributed by atoms with van der Waals surface area (Å²) >= 11 is 5.30. The second kappa shape index (κ2) is 6.59.